The van der Waals surface area contributed by atoms with Crippen molar-refractivity contribution in [3.05, 3.63) is 29.8 Å². The topological polar surface area (TPSA) is 65.0 Å². The number of aliphatic imine (C=N–C) groups is 1. The van der Waals surface area contributed by atoms with Gasteiger partial charge in [0.1, 0.15) is 0 Å². The Balaban J connectivity index is 1.58. The number of thioether (sulfide) groups is 1. The molecule has 144 valence electrons. The monoisotopic (exact) mass is 396 g/mol. The van der Waals surface area contributed by atoms with E-state index in [1.54, 1.807) is 11.4 Å². The molecular formula is C18H28N4O2S2. The average Bonchev–Trinajstić information content (AvgIpc) is 3.03. The van der Waals surface area contributed by atoms with Crippen molar-refractivity contribution in [1.29, 1.82) is 0 Å². The molecule has 26 heavy (non-hydrogen) atoms. The van der Waals surface area contributed by atoms with Gasteiger partial charge in [-0.2, -0.15) is 11.8 Å². The number of guanidine groups is 1. The first-order chi connectivity index (χ1) is 12.3. The van der Waals surface area contributed by atoms with Gasteiger partial charge in [-0.25, -0.2) is 8.42 Å². The SMILES string of the molecule is CN=C(NCCS(=O)(=O)N1CCc2ccccc21)N1CCSC(C)(C)C1. The Morgan fingerprint density at radius 3 is 2.81 bits per heavy atom. The van der Waals surface area contributed by atoms with E-state index in [9.17, 15) is 8.42 Å². The van der Waals surface area contributed by atoms with Gasteiger partial charge in [0.15, 0.2) is 5.96 Å². The zero-order valence-corrected chi connectivity index (χ0v) is 17.4. The third-order valence-corrected chi connectivity index (χ3v) is 7.83. The second-order valence-corrected chi connectivity index (χ2v) is 11.1. The summed E-state index contributed by atoms with van der Waals surface area (Å²) < 4.78 is 27.3. The van der Waals surface area contributed by atoms with Gasteiger partial charge in [0.25, 0.3) is 0 Å². The summed E-state index contributed by atoms with van der Waals surface area (Å²) >= 11 is 1.96. The van der Waals surface area contributed by atoms with E-state index < -0.39 is 10.0 Å². The van der Waals surface area contributed by atoms with E-state index in [1.807, 2.05) is 36.0 Å². The van der Waals surface area contributed by atoms with Crippen molar-refractivity contribution in [2.75, 3.05) is 49.0 Å². The van der Waals surface area contributed by atoms with Crippen LogP contribution in [0.1, 0.15) is 19.4 Å². The Bertz CT molecular complexity index is 777. The number of nitrogens with zero attached hydrogens (tertiary/aromatic N) is 3. The van der Waals surface area contributed by atoms with E-state index in [0.29, 0.717) is 13.1 Å². The zero-order valence-electron chi connectivity index (χ0n) is 15.7. The third-order valence-electron chi connectivity index (χ3n) is 4.76. The first kappa shape index (κ1) is 19.4. The van der Waals surface area contributed by atoms with Gasteiger partial charge in [-0.05, 0) is 31.9 Å². The molecule has 1 N–H and O–H groups in total. The van der Waals surface area contributed by atoms with Crippen LogP contribution in [0.4, 0.5) is 5.69 Å². The van der Waals surface area contributed by atoms with Crippen molar-refractivity contribution < 1.29 is 8.42 Å². The molecule has 2 aliphatic heterocycles. The number of hydrogen-bond acceptors (Lipinski definition) is 4. The predicted molar refractivity (Wildman–Crippen MR) is 111 cm³/mol. The van der Waals surface area contributed by atoms with Gasteiger partial charge in [-0.1, -0.05) is 18.2 Å². The third kappa shape index (κ3) is 4.28. The van der Waals surface area contributed by atoms with Crippen LogP contribution in [-0.2, 0) is 16.4 Å². The first-order valence-electron chi connectivity index (χ1n) is 9.00. The molecule has 0 unspecified atom stereocenters. The van der Waals surface area contributed by atoms with Crippen LogP contribution in [0, 0.1) is 0 Å². The molecule has 1 aromatic carbocycles. The van der Waals surface area contributed by atoms with Crippen LogP contribution in [0.25, 0.3) is 0 Å². The van der Waals surface area contributed by atoms with Crippen LogP contribution in [0.3, 0.4) is 0 Å². The quantitative estimate of drug-likeness (QED) is 0.621. The number of hydrogen-bond donors (Lipinski definition) is 1. The maximum absolute atomic E-state index is 12.8. The molecule has 1 aromatic rings. The largest absolute Gasteiger partial charge is 0.355 e. The van der Waals surface area contributed by atoms with Crippen LogP contribution in [-0.4, -0.2) is 68.8 Å². The molecular weight excluding hydrogens is 368 g/mol. The lowest BCUT2D eigenvalue weighted by Crippen LogP contribution is -2.51. The Hall–Kier alpha value is -1.41. The van der Waals surface area contributed by atoms with Gasteiger partial charge in [0, 0.05) is 43.7 Å². The van der Waals surface area contributed by atoms with E-state index in [4.69, 9.17) is 0 Å². The Morgan fingerprint density at radius 2 is 2.08 bits per heavy atom. The fourth-order valence-electron chi connectivity index (χ4n) is 3.53. The van der Waals surface area contributed by atoms with Crippen LogP contribution in [0.15, 0.2) is 29.3 Å². The molecule has 0 bridgehead atoms. The van der Waals surface area contributed by atoms with Crippen LogP contribution in [0.2, 0.25) is 0 Å². The van der Waals surface area contributed by atoms with Gasteiger partial charge in [0.05, 0.1) is 11.4 Å². The highest BCUT2D eigenvalue weighted by Crippen LogP contribution is 2.30. The van der Waals surface area contributed by atoms with Gasteiger partial charge >= 0.3 is 0 Å². The minimum Gasteiger partial charge on any atom is -0.355 e. The summed E-state index contributed by atoms with van der Waals surface area (Å²) in [4.78, 5) is 6.56. The van der Waals surface area contributed by atoms with Gasteiger partial charge in [-0.3, -0.25) is 9.30 Å². The minimum absolute atomic E-state index is 0.0618. The molecule has 6 nitrogen and oxygen atoms in total. The lowest BCUT2D eigenvalue weighted by molar-refractivity contribution is 0.377. The van der Waals surface area contributed by atoms with Crippen LogP contribution >= 0.6 is 11.8 Å². The number of para-hydroxylation sites is 1. The number of anilines is 1. The second kappa shape index (κ2) is 7.68. The molecule has 0 radical (unpaired) electrons. The summed E-state index contributed by atoms with van der Waals surface area (Å²) in [5.41, 5.74) is 1.93. The van der Waals surface area contributed by atoms with E-state index in [-0.39, 0.29) is 10.5 Å². The molecule has 0 saturated carbocycles. The molecule has 0 amide bonds. The summed E-state index contributed by atoms with van der Waals surface area (Å²) in [5, 5.41) is 3.24. The van der Waals surface area contributed by atoms with Crippen molar-refractivity contribution in [3.63, 3.8) is 0 Å². The van der Waals surface area contributed by atoms with Crippen molar-refractivity contribution in [3.8, 4) is 0 Å². The molecule has 1 saturated heterocycles. The average molecular weight is 397 g/mol. The summed E-state index contributed by atoms with van der Waals surface area (Å²) in [6, 6.07) is 7.74. The summed E-state index contributed by atoms with van der Waals surface area (Å²) in [5.74, 6) is 1.90. The zero-order chi connectivity index (χ0) is 18.8. The Labute approximate surface area is 161 Å². The fourth-order valence-corrected chi connectivity index (χ4v) is 6.07. The normalized spacial score (nSPS) is 20.2. The lowest BCUT2D eigenvalue weighted by Gasteiger charge is -2.39. The van der Waals surface area contributed by atoms with Crippen molar-refractivity contribution >= 4 is 33.4 Å². The van der Waals surface area contributed by atoms with E-state index in [1.165, 1.54) is 0 Å². The molecule has 1 fully saturated rings. The fraction of sp³-hybridized carbons (Fsp3) is 0.611. The number of sulfonamides is 1. The maximum Gasteiger partial charge on any atom is 0.236 e. The molecule has 0 spiro atoms. The predicted octanol–water partition coefficient (Wildman–Crippen LogP) is 1.78. The molecule has 2 aliphatic rings. The van der Waals surface area contributed by atoms with Gasteiger partial charge in [0.2, 0.25) is 10.0 Å². The number of benzene rings is 1. The van der Waals surface area contributed by atoms with Crippen LogP contribution in [0.5, 0.6) is 0 Å². The van der Waals surface area contributed by atoms with Crippen molar-refractivity contribution in [1.82, 2.24) is 10.2 Å². The van der Waals surface area contributed by atoms with E-state index in [2.05, 4.69) is 29.1 Å². The van der Waals surface area contributed by atoms with Crippen molar-refractivity contribution in [2.24, 2.45) is 4.99 Å². The first-order valence-corrected chi connectivity index (χ1v) is 11.6. The second-order valence-electron chi connectivity index (χ2n) is 7.27. The summed E-state index contributed by atoms with van der Waals surface area (Å²) in [6.45, 7) is 7.19. The van der Waals surface area contributed by atoms with Gasteiger partial charge < -0.3 is 10.2 Å². The number of nitrogens with one attached hydrogen (secondary N) is 1. The minimum atomic E-state index is -3.34. The number of fused-ring (bicyclic) bond motifs is 1. The lowest BCUT2D eigenvalue weighted by atomic mass is 10.2. The molecule has 0 aromatic heterocycles. The molecule has 2 heterocycles. The van der Waals surface area contributed by atoms with E-state index in [0.717, 1.165) is 42.5 Å². The van der Waals surface area contributed by atoms with Crippen LogP contribution < -0.4 is 9.62 Å². The smallest absolute Gasteiger partial charge is 0.236 e. The molecule has 0 aliphatic carbocycles. The summed E-state index contributed by atoms with van der Waals surface area (Å²) in [7, 11) is -1.59. The van der Waals surface area contributed by atoms with Crippen molar-refractivity contribution in [2.45, 2.75) is 25.0 Å². The highest BCUT2D eigenvalue weighted by atomic mass is 32.2. The highest BCUT2D eigenvalue weighted by Gasteiger charge is 2.30. The molecule has 8 heteroatoms. The van der Waals surface area contributed by atoms with E-state index >= 15 is 0 Å². The molecule has 0 atom stereocenters. The summed E-state index contributed by atoms with van der Waals surface area (Å²) in [6.07, 6.45) is 0.783. The maximum atomic E-state index is 12.8. The number of rotatable bonds is 4. The van der Waals surface area contributed by atoms with Gasteiger partial charge in [-0.15, -0.1) is 0 Å². The molecule has 3 rings (SSSR count). The standard InChI is InChI=1S/C18H28N4O2S2/c1-18(2)14-21(11-12-25-18)17(19-3)20-9-13-26(23,24)22-10-8-15-6-4-5-7-16(15)22/h4-7H,8-14H2,1-3H3,(H,19,20). The Kier molecular flexibility index (Phi) is 5.72. The highest BCUT2D eigenvalue weighted by molar-refractivity contribution is 8.00. The Morgan fingerprint density at radius 1 is 1.31 bits per heavy atom.